The topological polar surface area (TPSA) is 87.1 Å². The van der Waals surface area contributed by atoms with Gasteiger partial charge in [-0.2, -0.15) is 0 Å². The number of hydrogen-bond acceptors (Lipinski definition) is 4. The van der Waals surface area contributed by atoms with Crippen LogP contribution in [0.25, 0.3) is 0 Å². The lowest BCUT2D eigenvalue weighted by Crippen LogP contribution is -2.41. The molecule has 2 amide bonds. The zero-order valence-corrected chi connectivity index (χ0v) is 12.0. The van der Waals surface area contributed by atoms with Crippen molar-refractivity contribution < 1.29 is 9.90 Å². The number of carbonyl (C=O) groups is 1. The quantitative estimate of drug-likeness (QED) is 0.741. The van der Waals surface area contributed by atoms with Crippen LogP contribution in [-0.4, -0.2) is 33.8 Å². The highest BCUT2D eigenvalue weighted by molar-refractivity contribution is 5.89. The molecule has 0 aliphatic heterocycles. The van der Waals surface area contributed by atoms with Gasteiger partial charge in [0, 0.05) is 5.92 Å². The maximum absolute atomic E-state index is 11.8. The molecule has 1 aliphatic carbocycles. The number of aliphatic hydroxyl groups excluding tert-OH is 1. The van der Waals surface area contributed by atoms with Crippen molar-refractivity contribution in [1.82, 2.24) is 15.3 Å². The summed E-state index contributed by atoms with van der Waals surface area (Å²) in [6, 6.07) is -0.575. The summed E-state index contributed by atoms with van der Waals surface area (Å²) in [4.78, 5) is 20.3. The molecule has 1 atom stereocenters. The Labute approximate surface area is 119 Å². The second-order valence-corrected chi connectivity index (χ2v) is 5.71. The van der Waals surface area contributed by atoms with E-state index in [0.29, 0.717) is 17.5 Å². The molecule has 1 heterocycles. The van der Waals surface area contributed by atoms with E-state index in [0.717, 1.165) is 25.1 Å². The second-order valence-electron chi connectivity index (χ2n) is 5.71. The first kappa shape index (κ1) is 14.7. The predicted octanol–water partition coefficient (Wildman–Crippen LogP) is 1.88. The molecule has 110 valence electrons. The lowest BCUT2D eigenvalue weighted by Gasteiger charge is -2.18. The van der Waals surface area contributed by atoms with Gasteiger partial charge in [0.05, 0.1) is 30.7 Å². The van der Waals surface area contributed by atoms with Gasteiger partial charge in [0.25, 0.3) is 0 Å². The van der Waals surface area contributed by atoms with Crippen molar-refractivity contribution in [3.8, 4) is 0 Å². The number of urea groups is 1. The van der Waals surface area contributed by atoms with Crippen LogP contribution in [0.15, 0.2) is 12.4 Å². The van der Waals surface area contributed by atoms with E-state index in [2.05, 4.69) is 20.6 Å². The smallest absolute Gasteiger partial charge is 0.319 e. The van der Waals surface area contributed by atoms with E-state index in [1.54, 1.807) is 12.4 Å². The Hall–Kier alpha value is -1.69. The molecule has 6 heteroatoms. The molecule has 1 fully saturated rings. The third kappa shape index (κ3) is 4.45. The molecule has 0 spiro atoms. The number of anilines is 1. The number of carbonyl (C=O) groups excluding carboxylic acids is 1. The first-order chi connectivity index (χ1) is 9.58. The fourth-order valence-corrected chi connectivity index (χ4v) is 2.06. The number of nitrogens with one attached hydrogen (secondary N) is 2. The monoisotopic (exact) mass is 278 g/mol. The Balaban J connectivity index is 1.83. The van der Waals surface area contributed by atoms with Crippen molar-refractivity contribution in [3.63, 3.8) is 0 Å². The lowest BCUT2D eigenvalue weighted by atomic mass is 10.0. The van der Waals surface area contributed by atoms with Crippen LogP contribution in [0, 0.1) is 5.92 Å². The fourth-order valence-electron chi connectivity index (χ4n) is 2.06. The summed E-state index contributed by atoms with van der Waals surface area (Å²) in [7, 11) is 0. The van der Waals surface area contributed by atoms with Crippen molar-refractivity contribution in [1.29, 1.82) is 0 Å². The molecule has 0 aromatic carbocycles. The molecular formula is C14H22N4O2. The highest BCUT2D eigenvalue weighted by Crippen LogP contribution is 2.37. The molecule has 6 nitrogen and oxygen atoms in total. The Kier molecular flexibility index (Phi) is 4.89. The summed E-state index contributed by atoms with van der Waals surface area (Å²) in [5.74, 6) is 1.76. The summed E-state index contributed by atoms with van der Waals surface area (Å²) in [5.41, 5.74) is 0.563. The highest BCUT2D eigenvalue weighted by Gasteiger charge is 2.26. The molecule has 0 bridgehead atoms. The van der Waals surface area contributed by atoms with Crippen molar-refractivity contribution in [2.45, 2.75) is 45.1 Å². The van der Waals surface area contributed by atoms with E-state index in [1.165, 1.54) is 0 Å². The van der Waals surface area contributed by atoms with Crippen LogP contribution in [0.5, 0.6) is 0 Å². The maximum atomic E-state index is 11.8. The van der Waals surface area contributed by atoms with Crippen molar-refractivity contribution in [2.24, 2.45) is 5.92 Å². The molecule has 1 aromatic heterocycles. The zero-order valence-electron chi connectivity index (χ0n) is 12.0. The first-order valence-corrected chi connectivity index (χ1v) is 7.08. The van der Waals surface area contributed by atoms with Crippen molar-refractivity contribution >= 4 is 11.7 Å². The predicted molar refractivity (Wildman–Crippen MR) is 76.5 cm³/mol. The number of amides is 2. The van der Waals surface area contributed by atoms with Gasteiger partial charge in [-0.25, -0.2) is 14.8 Å². The minimum Gasteiger partial charge on any atom is -0.394 e. The Morgan fingerprint density at radius 2 is 2.05 bits per heavy atom. The number of aliphatic hydroxyl groups is 1. The highest BCUT2D eigenvalue weighted by atomic mass is 16.3. The molecule has 1 unspecified atom stereocenters. The molecule has 0 radical (unpaired) electrons. The minimum atomic E-state index is -0.340. The molecule has 1 aromatic rings. The molecule has 2 rings (SSSR count). The molecule has 3 N–H and O–H groups in total. The van der Waals surface area contributed by atoms with Gasteiger partial charge < -0.3 is 15.7 Å². The zero-order chi connectivity index (χ0) is 14.5. The Morgan fingerprint density at radius 3 is 2.55 bits per heavy atom. The van der Waals surface area contributed by atoms with Gasteiger partial charge >= 0.3 is 6.03 Å². The van der Waals surface area contributed by atoms with E-state index >= 15 is 0 Å². The van der Waals surface area contributed by atoms with Gasteiger partial charge in [-0.1, -0.05) is 13.8 Å². The molecule has 0 saturated heterocycles. The standard InChI is InChI=1S/C14H22N4O2/c1-9(2)5-11(8-19)17-14(20)18-12-6-15-13(16-7-12)10-3-4-10/h6-7,9-11,19H,3-5,8H2,1-2H3,(H2,17,18,20). The molecule has 1 aliphatic rings. The third-order valence-corrected chi connectivity index (χ3v) is 3.18. The molecule has 20 heavy (non-hydrogen) atoms. The average Bonchev–Trinajstić information content (AvgIpc) is 3.22. The molecule has 1 saturated carbocycles. The summed E-state index contributed by atoms with van der Waals surface area (Å²) in [6.45, 7) is 4.03. The van der Waals surface area contributed by atoms with Gasteiger partial charge in [-0.15, -0.1) is 0 Å². The largest absolute Gasteiger partial charge is 0.394 e. The summed E-state index contributed by atoms with van der Waals surface area (Å²) < 4.78 is 0. The summed E-state index contributed by atoms with van der Waals surface area (Å²) in [6.07, 6.45) is 6.29. The summed E-state index contributed by atoms with van der Waals surface area (Å²) >= 11 is 0. The van der Waals surface area contributed by atoms with Crippen LogP contribution in [-0.2, 0) is 0 Å². The van der Waals surface area contributed by atoms with Crippen LogP contribution >= 0.6 is 0 Å². The number of rotatable bonds is 6. The lowest BCUT2D eigenvalue weighted by molar-refractivity contribution is 0.214. The van der Waals surface area contributed by atoms with Crippen LogP contribution in [0.1, 0.15) is 44.9 Å². The first-order valence-electron chi connectivity index (χ1n) is 7.08. The Bertz CT molecular complexity index is 443. The van der Waals surface area contributed by atoms with E-state index in [4.69, 9.17) is 0 Å². The molecular weight excluding hydrogens is 256 g/mol. The SMILES string of the molecule is CC(C)CC(CO)NC(=O)Nc1cnc(C2CC2)nc1. The summed E-state index contributed by atoms with van der Waals surface area (Å²) in [5, 5.41) is 14.6. The van der Waals surface area contributed by atoms with E-state index < -0.39 is 0 Å². The van der Waals surface area contributed by atoms with Gasteiger partial charge in [0.15, 0.2) is 0 Å². The average molecular weight is 278 g/mol. The maximum Gasteiger partial charge on any atom is 0.319 e. The van der Waals surface area contributed by atoms with Gasteiger partial charge in [-0.3, -0.25) is 0 Å². The van der Waals surface area contributed by atoms with Gasteiger partial charge in [0.1, 0.15) is 5.82 Å². The van der Waals surface area contributed by atoms with Crippen molar-refractivity contribution in [3.05, 3.63) is 18.2 Å². The van der Waals surface area contributed by atoms with Crippen LogP contribution in [0.3, 0.4) is 0 Å². The number of hydrogen-bond donors (Lipinski definition) is 3. The van der Waals surface area contributed by atoms with E-state index in [-0.39, 0.29) is 18.7 Å². The Morgan fingerprint density at radius 1 is 1.40 bits per heavy atom. The fraction of sp³-hybridized carbons (Fsp3) is 0.643. The van der Waals surface area contributed by atoms with E-state index in [9.17, 15) is 9.90 Å². The van der Waals surface area contributed by atoms with E-state index in [1.807, 2.05) is 13.8 Å². The van der Waals surface area contributed by atoms with Crippen molar-refractivity contribution in [2.75, 3.05) is 11.9 Å². The second kappa shape index (κ2) is 6.65. The van der Waals surface area contributed by atoms with Gasteiger partial charge in [0.2, 0.25) is 0 Å². The number of nitrogens with zero attached hydrogens (tertiary/aromatic N) is 2. The van der Waals surface area contributed by atoms with Crippen LogP contribution in [0.4, 0.5) is 10.5 Å². The third-order valence-electron chi connectivity index (χ3n) is 3.18. The number of aromatic nitrogens is 2. The van der Waals surface area contributed by atoms with Gasteiger partial charge in [-0.05, 0) is 25.2 Å². The normalized spacial score (nSPS) is 16.0. The minimum absolute atomic E-state index is 0.0667. The van der Waals surface area contributed by atoms with Crippen LogP contribution in [0.2, 0.25) is 0 Å². The van der Waals surface area contributed by atoms with Crippen LogP contribution < -0.4 is 10.6 Å².